The molecule has 3 aromatic rings. The van der Waals surface area contributed by atoms with E-state index in [0.717, 1.165) is 61.0 Å². The van der Waals surface area contributed by atoms with Crippen LogP contribution in [-0.2, 0) is 29.2 Å². The first-order chi connectivity index (χ1) is 17.1. The van der Waals surface area contributed by atoms with Crippen LogP contribution < -0.4 is 4.74 Å². The summed E-state index contributed by atoms with van der Waals surface area (Å²) in [6.07, 6.45) is -2.20. The van der Waals surface area contributed by atoms with E-state index in [4.69, 9.17) is 19.4 Å². The van der Waals surface area contributed by atoms with Gasteiger partial charge in [-0.05, 0) is 36.2 Å². The molecule has 2 aliphatic heterocycles. The van der Waals surface area contributed by atoms with Gasteiger partial charge in [0.25, 0.3) is 0 Å². The smallest absolute Gasteiger partial charge is 0.490 e. The monoisotopic (exact) mass is 507 g/mol. The molecule has 36 heavy (non-hydrogen) atoms. The SMILES string of the molecule is COc1cccc(-c2cnc3n2CC2(CCN(Cc4cccc(F)c4)C2)OC3)c1.O=C(O)C(F)(F)F. The number of nitrogens with zero attached hydrogens (tertiary/aromatic N) is 3. The van der Waals surface area contributed by atoms with Crippen LogP contribution >= 0.6 is 0 Å². The van der Waals surface area contributed by atoms with Crippen LogP contribution in [0.15, 0.2) is 54.7 Å². The Labute approximate surface area is 204 Å². The number of fused-ring (bicyclic) bond motifs is 1. The van der Waals surface area contributed by atoms with Gasteiger partial charge < -0.3 is 19.1 Å². The topological polar surface area (TPSA) is 76.8 Å². The quantitative estimate of drug-likeness (QED) is 0.524. The number of halogens is 4. The first kappa shape index (κ1) is 25.6. The fraction of sp³-hybridized carbons (Fsp3) is 0.360. The number of carboxylic acid groups (broad SMARTS) is 1. The summed E-state index contributed by atoms with van der Waals surface area (Å²) in [5, 5.41) is 7.12. The minimum atomic E-state index is -5.08. The molecule has 3 heterocycles. The minimum absolute atomic E-state index is 0.184. The fourth-order valence-electron chi connectivity index (χ4n) is 4.47. The Morgan fingerprint density at radius 1 is 1.19 bits per heavy atom. The molecule has 2 aromatic carbocycles. The summed E-state index contributed by atoms with van der Waals surface area (Å²) >= 11 is 0. The van der Waals surface area contributed by atoms with Crippen LogP contribution in [0.1, 0.15) is 17.8 Å². The van der Waals surface area contributed by atoms with Gasteiger partial charge in [-0.3, -0.25) is 4.90 Å². The Morgan fingerprint density at radius 3 is 2.64 bits per heavy atom. The van der Waals surface area contributed by atoms with Crippen molar-refractivity contribution in [3.8, 4) is 17.0 Å². The Bertz CT molecular complexity index is 1230. The van der Waals surface area contributed by atoms with Gasteiger partial charge in [-0.25, -0.2) is 14.2 Å². The highest BCUT2D eigenvalue weighted by Crippen LogP contribution is 2.36. The minimum Gasteiger partial charge on any atom is -0.497 e. The summed E-state index contributed by atoms with van der Waals surface area (Å²) in [6, 6.07) is 14.9. The Balaban J connectivity index is 0.000000384. The first-order valence-electron chi connectivity index (χ1n) is 11.2. The number of aromatic nitrogens is 2. The lowest BCUT2D eigenvalue weighted by Gasteiger charge is -2.35. The Morgan fingerprint density at radius 2 is 1.94 bits per heavy atom. The summed E-state index contributed by atoms with van der Waals surface area (Å²) < 4.78 is 59.2. The summed E-state index contributed by atoms with van der Waals surface area (Å²) in [5.74, 6) is -1.15. The van der Waals surface area contributed by atoms with E-state index in [2.05, 4.69) is 20.5 Å². The van der Waals surface area contributed by atoms with Gasteiger partial charge in [0.2, 0.25) is 0 Å². The molecular formula is C25H25F4N3O4. The van der Waals surface area contributed by atoms with Crippen LogP contribution in [0, 0.1) is 5.82 Å². The molecule has 0 aliphatic carbocycles. The van der Waals surface area contributed by atoms with E-state index in [1.807, 2.05) is 30.5 Å². The maximum absolute atomic E-state index is 13.5. The second-order valence-corrected chi connectivity index (χ2v) is 8.74. The van der Waals surface area contributed by atoms with E-state index in [1.54, 1.807) is 19.2 Å². The Hall–Kier alpha value is -3.44. The number of carboxylic acids is 1. The van der Waals surface area contributed by atoms with Crippen molar-refractivity contribution in [2.45, 2.75) is 37.9 Å². The second kappa shape index (κ2) is 10.3. The van der Waals surface area contributed by atoms with Crippen LogP contribution in [-0.4, -0.2) is 57.5 Å². The van der Waals surface area contributed by atoms with Crippen molar-refractivity contribution in [2.75, 3.05) is 20.2 Å². The van der Waals surface area contributed by atoms with E-state index >= 15 is 0 Å². The molecule has 1 unspecified atom stereocenters. The van der Waals surface area contributed by atoms with Gasteiger partial charge in [-0.2, -0.15) is 13.2 Å². The molecule has 1 aromatic heterocycles. The lowest BCUT2D eigenvalue weighted by Crippen LogP contribution is -2.44. The largest absolute Gasteiger partial charge is 0.497 e. The van der Waals surface area contributed by atoms with Crippen molar-refractivity contribution >= 4 is 5.97 Å². The Kier molecular flexibility index (Phi) is 7.32. The van der Waals surface area contributed by atoms with Gasteiger partial charge in [0.05, 0.1) is 25.5 Å². The molecule has 0 bridgehead atoms. The third-order valence-electron chi connectivity index (χ3n) is 6.19. The molecule has 1 fully saturated rings. The van der Waals surface area contributed by atoms with Gasteiger partial charge >= 0.3 is 12.1 Å². The van der Waals surface area contributed by atoms with Crippen molar-refractivity contribution in [2.24, 2.45) is 0 Å². The molecular weight excluding hydrogens is 482 g/mol. The summed E-state index contributed by atoms with van der Waals surface area (Å²) in [6.45, 7) is 3.79. The highest BCUT2D eigenvalue weighted by atomic mass is 19.4. The molecule has 2 aliphatic rings. The predicted molar refractivity (Wildman–Crippen MR) is 122 cm³/mol. The summed E-state index contributed by atoms with van der Waals surface area (Å²) in [5.41, 5.74) is 2.95. The number of alkyl halides is 3. The molecule has 1 N–H and O–H groups in total. The third kappa shape index (κ3) is 5.85. The lowest BCUT2D eigenvalue weighted by molar-refractivity contribution is -0.192. The number of ether oxygens (including phenoxy) is 2. The van der Waals surface area contributed by atoms with Crippen molar-refractivity contribution in [3.63, 3.8) is 0 Å². The van der Waals surface area contributed by atoms with Crippen LogP contribution in [0.2, 0.25) is 0 Å². The standard InChI is InChI=1S/C23H24FN3O2.C2HF3O2/c1-28-20-7-3-5-18(11-20)21-12-25-22-14-29-23(16-27(21)22)8-9-26(15-23)13-17-4-2-6-19(24)10-17;3-2(4,5)1(6)7/h2-7,10-12H,8-9,13-16H2,1H3;(H,6,7). The maximum atomic E-state index is 13.5. The molecule has 1 saturated heterocycles. The van der Waals surface area contributed by atoms with Crippen LogP contribution in [0.3, 0.4) is 0 Å². The highest BCUT2D eigenvalue weighted by Gasteiger charge is 2.43. The van der Waals surface area contributed by atoms with E-state index in [9.17, 15) is 17.6 Å². The van der Waals surface area contributed by atoms with Gasteiger partial charge in [0.15, 0.2) is 0 Å². The molecule has 0 saturated carbocycles. The molecule has 5 rings (SSSR count). The van der Waals surface area contributed by atoms with Crippen LogP contribution in [0.5, 0.6) is 5.75 Å². The summed E-state index contributed by atoms with van der Waals surface area (Å²) in [7, 11) is 1.68. The molecule has 0 radical (unpaired) electrons. The third-order valence-corrected chi connectivity index (χ3v) is 6.19. The van der Waals surface area contributed by atoms with E-state index < -0.39 is 12.1 Å². The normalized spacial score (nSPS) is 19.5. The number of hydrogen-bond acceptors (Lipinski definition) is 5. The zero-order valence-electron chi connectivity index (χ0n) is 19.5. The number of carbonyl (C=O) groups is 1. The second-order valence-electron chi connectivity index (χ2n) is 8.74. The maximum Gasteiger partial charge on any atom is 0.490 e. The molecule has 0 amide bonds. The van der Waals surface area contributed by atoms with Crippen molar-refractivity contribution in [1.29, 1.82) is 0 Å². The van der Waals surface area contributed by atoms with Crippen LogP contribution in [0.25, 0.3) is 11.3 Å². The van der Waals surface area contributed by atoms with Crippen molar-refractivity contribution in [1.82, 2.24) is 14.5 Å². The molecule has 1 spiro atoms. The van der Waals surface area contributed by atoms with Crippen molar-refractivity contribution in [3.05, 3.63) is 71.9 Å². The fourth-order valence-corrected chi connectivity index (χ4v) is 4.47. The number of likely N-dealkylation sites (tertiary alicyclic amines) is 1. The van der Waals surface area contributed by atoms with E-state index in [-0.39, 0.29) is 11.4 Å². The molecule has 11 heteroatoms. The van der Waals surface area contributed by atoms with E-state index in [0.29, 0.717) is 6.61 Å². The molecule has 7 nitrogen and oxygen atoms in total. The van der Waals surface area contributed by atoms with E-state index in [1.165, 1.54) is 6.07 Å². The summed E-state index contributed by atoms with van der Waals surface area (Å²) in [4.78, 5) is 15.8. The number of hydrogen-bond donors (Lipinski definition) is 1. The first-order valence-corrected chi connectivity index (χ1v) is 11.2. The number of aliphatic carboxylic acids is 1. The van der Waals surface area contributed by atoms with Gasteiger partial charge in [0.1, 0.15) is 29.6 Å². The van der Waals surface area contributed by atoms with Crippen molar-refractivity contribution < 1.29 is 36.9 Å². The van der Waals surface area contributed by atoms with Crippen LogP contribution in [0.4, 0.5) is 17.6 Å². The highest BCUT2D eigenvalue weighted by molar-refractivity contribution is 5.73. The van der Waals surface area contributed by atoms with Gasteiger partial charge in [-0.15, -0.1) is 0 Å². The average Bonchev–Trinajstić information content (AvgIpc) is 3.43. The zero-order chi connectivity index (χ0) is 25.9. The van der Waals surface area contributed by atoms with Gasteiger partial charge in [-0.1, -0.05) is 24.3 Å². The zero-order valence-corrected chi connectivity index (χ0v) is 19.5. The number of rotatable bonds is 4. The number of benzene rings is 2. The van der Waals surface area contributed by atoms with Gasteiger partial charge in [0, 0.05) is 25.2 Å². The average molecular weight is 507 g/mol. The predicted octanol–water partition coefficient (Wildman–Crippen LogP) is 4.51. The lowest BCUT2D eigenvalue weighted by atomic mass is 10.0. The number of methoxy groups -OCH3 is 1. The number of imidazole rings is 1. The molecule has 1 atom stereocenters. The molecule has 192 valence electrons.